The topological polar surface area (TPSA) is 38.0 Å². The molecule has 0 bridgehead atoms. The first-order valence-corrected chi connectivity index (χ1v) is 6.53. The van der Waals surface area contributed by atoms with Gasteiger partial charge in [0, 0.05) is 0 Å². The van der Waals surface area contributed by atoms with Gasteiger partial charge in [-0.25, -0.2) is 0 Å². The van der Waals surface area contributed by atoms with E-state index in [0.717, 1.165) is 19.5 Å². The third-order valence-electron chi connectivity index (χ3n) is 3.01. The molecule has 0 saturated heterocycles. The quantitative estimate of drug-likeness (QED) is 0.549. The summed E-state index contributed by atoms with van der Waals surface area (Å²) < 4.78 is 0. The van der Waals surface area contributed by atoms with E-state index in [-0.39, 0.29) is 0 Å². The molecule has 0 spiro atoms. The summed E-state index contributed by atoms with van der Waals surface area (Å²) in [5.74, 6) is 0. The highest BCUT2D eigenvalue weighted by atomic mass is 14.8. The molecule has 0 aliphatic carbocycles. The van der Waals surface area contributed by atoms with E-state index in [2.05, 4.69) is 26.1 Å². The van der Waals surface area contributed by atoms with Crippen LogP contribution >= 0.6 is 0 Å². The van der Waals surface area contributed by atoms with Crippen LogP contribution in [0.5, 0.6) is 0 Å². The highest BCUT2D eigenvalue weighted by molar-refractivity contribution is 4.70. The molecule has 0 fully saturated rings. The Morgan fingerprint density at radius 3 is 2.33 bits per heavy atom. The number of nitrogens with one attached hydrogen (secondary N) is 1. The fraction of sp³-hybridized carbons (Fsp3) is 1.00. The molecule has 0 radical (unpaired) electrons. The zero-order valence-electron chi connectivity index (χ0n) is 10.9. The van der Waals surface area contributed by atoms with Crippen molar-refractivity contribution < 1.29 is 0 Å². The van der Waals surface area contributed by atoms with Crippen molar-refractivity contribution in [3.63, 3.8) is 0 Å². The number of nitrogens with two attached hydrogens (primary N) is 1. The van der Waals surface area contributed by atoms with E-state index in [1.54, 1.807) is 0 Å². The highest BCUT2D eigenvalue weighted by Gasteiger charge is 2.15. The SMILES string of the molecule is CCCCCCNCCC(C)(C)CCN. The Hall–Kier alpha value is -0.0800. The van der Waals surface area contributed by atoms with Crippen molar-refractivity contribution in [3.8, 4) is 0 Å². The molecule has 0 amide bonds. The van der Waals surface area contributed by atoms with Crippen molar-refractivity contribution in [1.82, 2.24) is 5.32 Å². The lowest BCUT2D eigenvalue weighted by Gasteiger charge is -2.23. The molecule has 2 heteroatoms. The highest BCUT2D eigenvalue weighted by Crippen LogP contribution is 2.23. The van der Waals surface area contributed by atoms with Crippen molar-refractivity contribution in [3.05, 3.63) is 0 Å². The molecule has 0 unspecified atom stereocenters. The maximum atomic E-state index is 5.58. The minimum atomic E-state index is 0.408. The second-order valence-electron chi connectivity index (χ2n) is 5.26. The van der Waals surface area contributed by atoms with Gasteiger partial charge in [-0.05, 0) is 44.3 Å². The van der Waals surface area contributed by atoms with Crippen molar-refractivity contribution in [1.29, 1.82) is 0 Å². The first-order chi connectivity index (χ1) is 7.12. The van der Waals surface area contributed by atoms with Crippen LogP contribution in [0.4, 0.5) is 0 Å². The maximum absolute atomic E-state index is 5.58. The Bertz CT molecular complexity index is 132. The van der Waals surface area contributed by atoms with Crippen molar-refractivity contribution in [2.75, 3.05) is 19.6 Å². The third kappa shape index (κ3) is 10.2. The van der Waals surface area contributed by atoms with Gasteiger partial charge in [0.05, 0.1) is 0 Å². The van der Waals surface area contributed by atoms with Crippen LogP contribution in [0.25, 0.3) is 0 Å². The van der Waals surface area contributed by atoms with Gasteiger partial charge in [-0.15, -0.1) is 0 Å². The molecular weight excluding hydrogens is 184 g/mol. The van der Waals surface area contributed by atoms with Gasteiger partial charge in [-0.3, -0.25) is 0 Å². The Kier molecular flexibility index (Phi) is 9.12. The smallest absolute Gasteiger partial charge is 0.00438 e. The molecule has 0 aliphatic rings. The molecule has 92 valence electrons. The van der Waals surface area contributed by atoms with Gasteiger partial charge in [0.2, 0.25) is 0 Å². The molecule has 0 heterocycles. The Balaban J connectivity index is 3.22. The van der Waals surface area contributed by atoms with Crippen molar-refractivity contribution >= 4 is 0 Å². The van der Waals surface area contributed by atoms with Gasteiger partial charge in [-0.2, -0.15) is 0 Å². The zero-order chi connectivity index (χ0) is 11.6. The predicted molar refractivity (Wildman–Crippen MR) is 69.1 cm³/mol. The molecule has 2 nitrogen and oxygen atoms in total. The van der Waals surface area contributed by atoms with E-state index in [9.17, 15) is 0 Å². The minimum Gasteiger partial charge on any atom is -0.330 e. The summed E-state index contributed by atoms with van der Waals surface area (Å²) in [4.78, 5) is 0. The van der Waals surface area contributed by atoms with Gasteiger partial charge in [0.15, 0.2) is 0 Å². The third-order valence-corrected chi connectivity index (χ3v) is 3.01. The molecule has 15 heavy (non-hydrogen) atoms. The average Bonchev–Trinajstić information content (AvgIpc) is 2.16. The zero-order valence-corrected chi connectivity index (χ0v) is 10.9. The van der Waals surface area contributed by atoms with Crippen molar-refractivity contribution in [2.24, 2.45) is 11.1 Å². The molecule has 0 aromatic rings. The van der Waals surface area contributed by atoms with Gasteiger partial charge in [0.25, 0.3) is 0 Å². The summed E-state index contributed by atoms with van der Waals surface area (Å²) in [5.41, 5.74) is 5.99. The van der Waals surface area contributed by atoms with E-state index >= 15 is 0 Å². The predicted octanol–water partition coefficient (Wildman–Crippen LogP) is 2.92. The van der Waals surface area contributed by atoms with E-state index in [1.807, 2.05) is 0 Å². The van der Waals surface area contributed by atoms with Crippen LogP contribution in [0.2, 0.25) is 0 Å². The van der Waals surface area contributed by atoms with E-state index in [4.69, 9.17) is 5.73 Å². The molecule has 0 atom stereocenters. The average molecular weight is 214 g/mol. The largest absolute Gasteiger partial charge is 0.330 e. The van der Waals surface area contributed by atoms with Gasteiger partial charge < -0.3 is 11.1 Å². The Labute approximate surface area is 96.0 Å². The van der Waals surface area contributed by atoms with Gasteiger partial charge >= 0.3 is 0 Å². The molecule has 0 aliphatic heterocycles. The molecular formula is C13H30N2. The Morgan fingerprint density at radius 1 is 1.00 bits per heavy atom. The summed E-state index contributed by atoms with van der Waals surface area (Å²) in [7, 11) is 0. The number of rotatable bonds is 10. The summed E-state index contributed by atoms with van der Waals surface area (Å²) in [6.07, 6.45) is 7.76. The molecule has 3 N–H and O–H groups in total. The lowest BCUT2D eigenvalue weighted by atomic mass is 9.86. The normalized spacial score (nSPS) is 12.0. The summed E-state index contributed by atoms with van der Waals surface area (Å²) in [6.45, 7) is 9.99. The van der Waals surface area contributed by atoms with Crippen LogP contribution in [0, 0.1) is 5.41 Å². The summed E-state index contributed by atoms with van der Waals surface area (Å²) in [6, 6.07) is 0. The van der Waals surface area contributed by atoms with Crippen LogP contribution in [-0.2, 0) is 0 Å². The fourth-order valence-electron chi connectivity index (χ4n) is 1.74. The van der Waals surface area contributed by atoms with E-state index < -0.39 is 0 Å². The lowest BCUT2D eigenvalue weighted by molar-refractivity contribution is 0.307. The summed E-state index contributed by atoms with van der Waals surface area (Å²) in [5, 5.41) is 3.52. The molecule has 0 saturated carbocycles. The van der Waals surface area contributed by atoms with Crippen LogP contribution in [0.1, 0.15) is 59.3 Å². The van der Waals surface area contributed by atoms with E-state index in [1.165, 1.54) is 38.6 Å². The number of hydrogen-bond acceptors (Lipinski definition) is 2. The van der Waals surface area contributed by atoms with Crippen molar-refractivity contribution in [2.45, 2.75) is 59.3 Å². The second kappa shape index (κ2) is 9.17. The van der Waals surface area contributed by atoms with Gasteiger partial charge in [-0.1, -0.05) is 40.0 Å². The minimum absolute atomic E-state index is 0.408. The molecule has 0 rings (SSSR count). The van der Waals surface area contributed by atoms with Crippen LogP contribution in [0.3, 0.4) is 0 Å². The monoisotopic (exact) mass is 214 g/mol. The molecule has 0 aromatic carbocycles. The van der Waals surface area contributed by atoms with Gasteiger partial charge in [0.1, 0.15) is 0 Å². The number of unbranched alkanes of at least 4 members (excludes halogenated alkanes) is 3. The lowest BCUT2D eigenvalue weighted by Crippen LogP contribution is -2.25. The van der Waals surface area contributed by atoms with Crippen LogP contribution in [-0.4, -0.2) is 19.6 Å². The number of hydrogen-bond donors (Lipinski definition) is 2. The first kappa shape index (κ1) is 14.9. The second-order valence-corrected chi connectivity index (χ2v) is 5.26. The molecule has 0 aromatic heterocycles. The standard InChI is InChI=1S/C13H30N2/c1-4-5-6-7-11-15-12-9-13(2,3)8-10-14/h15H,4-12,14H2,1-3H3. The first-order valence-electron chi connectivity index (χ1n) is 6.53. The summed E-state index contributed by atoms with van der Waals surface area (Å²) >= 11 is 0. The van der Waals surface area contributed by atoms with Crippen LogP contribution < -0.4 is 11.1 Å². The van der Waals surface area contributed by atoms with Crippen LogP contribution in [0.15, 0.2) is 0 Å². The fourth-order valence-corrected chi connectivity index (χ4v) is 1.74. The Morgan fingerprint density at radius 2 is 1.73 bits per heavy atom. The van der Waals surface area contributed by atoms with E-state index in [0.29, 0.717) is 5.41 Å². The maximum Gasteiger partial charge on any atom is -0.00438 e.